The van der Waals surface area contributed by atoms with Crippen LogP contribution in [0.15, 0.2) is 40.9 Å². The first kappa shape index (κ1) is 13.9. The van der Waals surface area contributed by atoms with Crippen LogP contribution in [-0.4, -0.2) is 25.7 Å². The fourth-order valence-electron chi connectivity index (χ4n) is 1.22. The molecular weight excluding hydrogens is 282 g/mol. The Balaban J connectivity index is 2.31. The molecule has 0 aliphatic heterocycles. The average Bonchev–Trinajstić information content (AvgIpc) is 2.28. The third-order valence-corrected chi connectivity index (χ3v) is 2.69. The molecule has 4 heteroatoms. The number of rotatable bonds is 6. The molecule has 17 heavy (non-hydrogen) atoms. The molecule has 0 atom stereocenters. The van der Waals surface area contributed by atoms with Gasteiger partial charge in [0, 0.05) is 11.0 Å². The van der Waals surface area contributed by atoms with Gasteiger partial charge in [-0.25, -0.2) is 0 Å². The second kappa shape index (κ2) is 7.25. The Bertz CT molecular complexity index is 404. The van der Waals surface area contributed by atoms with Crippen LogP contribution < -0.4 is 5.32 Å². The summed E-state index contributed by atoms with van der Waals surface area (Å²) in [6.45, 7) is 7.15. The lowest BCUT2D eigenvalue weighted by Gasteiger charge is -2.07. The number of amides is 1. The Morgan fingerprint density at radius 2 is 2.18 bits per heavy atom. The second-order valence-electron chi connectivity index (χ2n) is 3.75. The van der Waals surface area contributed by atoms with Gasteiger partial charge in [0.1, 0.15) is 0 Å². The van der Waals surface area contributed by atoms with E-state index in [-0.39, 0.29) is 5.91 Å². The van der Waals surface area contributed by atoms with Crippen LogP contribution in [0.25, 0.3) is 0 Å². The smallest absolute Gasteiger partial charge is 0.252 e. The summed E-state index contributed by atoms with van der Waals surface area (Å²) in [6.07, 6.45) is 0. The molecule has 0 spiro atoms. The van der Waals surface area contributed by atoms with Crippen molar-refractivity contribution >= 4 is 21.8 Å². The molecule has 1 rings (SSSR count). The highest BCUT2D eigenvalue weighted by Crippen LogP contribution is 2.15. The zero-order chi connectivity index (χ0) is 12.7. The number of carbonyl (C=O) groups is 1. The lowest BCUT2D eigenvalue weighted by Crippen LogP contribution is -2.27. The highest BCUT2D eigenvalue weighted by molar-refractivity contribution is 9.10. The number of hydrogen-bond donors (Lipinski definition) is 1. The van der Waals surface area contributed by atoms with E-state index in [4.69, 9.17) is 4.74 Å². The Kier molecular flexibility index (Phi) is 5.94. The van der Waals surface area contributed by atoms with Gasteiger partial charge in [-0.15, -0.1) is 0 Å². The summed E-state index contributed by atoms with van der Waals surface area (Å²) in [5.74, 6) is -0.101. The van der Waals surface area contributed by atoms with Crippen LogP contribution in [0.4, 0.5) is 0 Å². The molecule has 0 unspecified atom stereocenters. The predicted molar refractivity (Wildman–Crippen MR) is 72.1 cm³/mol. The Morgan fingerprint density at radius 1 is 1.47 bits per heavy atom. The molecule has 0 bridgehead atoms. The summed E-state index contributed by atoms with van der Waals surface area (Å²) >= 11 is 3.33. The molecule has 1 amide bonds. The average molecular weight is 298 g/mol. The number of benzene rings is 1. The highest BCUT2D eigenvalue weighted by atomic mass is 79.9. The van der Waals surface area contributed by atoms with Gasteiger partial charge >= 0.3 is 0 Å². The largest absolute Gasteiger partial charge is 0.375 e. The van der Waals surface area contributed by atoms with E-state index in [0.717, 1.165) is 10.0 Å². The minimum atomic E-state index is -0.101. The van der Waals surface area contributed by atoms with E-state index in [2.05, 4.69) is 27.8 Å². The van der Waals surface area contributed by atoms with Gasteiger partial charge in [0.05, 0.1) is 18.8 Å². The van der Waals surface area contributed by atoms with Gasteiger partial charge in [-0.05, 0) is 35.0 Å². The molecular formula is C13H16BrNO2. The number of nitrogens with one attached hydrogen (secondary N) is 1. The molecule has 0 aliphatic carbocycles. The molecule has 0 aliphatic rings. The van der Waals surface area contributed by atoms with Crippen LogP contribution in [0.2, 0.25) is 0 Å². The molecule has 92 valence electrons. The van der Waals surface area contributed by atoms with Crippen LogP contribution in [0.5, 0.6) is 0 Å². The predicted octanol–water partition coefficient (Wildman–Crippen LogP) is 2.77. The van der Waals surface area contributed by atoms with E-state index in [1.165, 1.54) is 0 Å². The summed E-state index contributed by atoms with van der Waals surface area (Å²) in [5.41, 5.74) is 1.61. The maximum absolute atomic E-state index is 11.7. The zero-order valence-corrected chi connectivity index (χ0v) is 11.4. The van der Waals surface area contributed by atoms with Gasteiger partial charge in [0.15, 0.2) is 0 Å². The SMILES string of the molecule is C=C(C)COCCNC(=O)c1ccccc1Br. The molecule has 3 nitrogen and oxygen atoms in total. The third-order valence-electron chi connectivity index (χ3n) is 2.00. The van der Waals surface area contributed by atoms with E-state index >= 15 is 0 Å². The molecule has 0 heterocycles. The van der Waals surface area contributed by atoms with E-state index in [1.807, 2.05) is 25.1 Å². The van der Waals surface area contributed by atoms with Crippen molar-refractivity contribution in [2.24, 2.45) is 0 Å². The third kappa shape index (κ3) is 5.15. The maximum Gasteiger partial charge on any atom is 0.252 e. The van der Waals surface area contributed by atoms with Crippen molar-refractivity contribution < 1.29 is 9.53 Å². The highest BCUT2D eigenvalue weighted by Gasteiger charge is 2.07. The van der Waals surface area contributed by atoms with Gasteiger partial charge in [-0.1, -0.05) is 24.3 Å². The summed E-state index contributed by atoms with van der Waals surface area (Å²) in [6, 6.07) is 7.31. The minimum absolute atomic E-state index is 0.101. The van der Waals surface area contributed by atoms with Gasteiger partial charge < -0.3 is 10.1 Å². The molecule has 0 saturated carbocycles. The van der Waals surface area contributed by atoms with Crippen molar-refractivity contribution in [3.63, 3.8) is 0 Å². The summed E-state index contributed by atoms with van der Waals surface area (Å²) in [7, 11) is 0. The maximum atomic E-state index is 11.7. The molecule has 0 fully saturated rings. The van der Waals surface area contributed by atoms with E-state index in [1.54, 1.807) is 6.07 Å². The summed E-state index contributed by atoms with van der Waals surface area (Å²) in [4.78, 5) is 11.7. The summed E-state index contributed by atoms with van der Waals surface area (Å²) < 4.78 is 6.08. The van der Waals surface area contributed by atoms with Crippen molar-refractivity contribution in [1.29, 1.82) is 0 Å². The second-order valence-corrected chi connectivity index (χ2v) is 4.60. The topological polar surface area (TPSA) is 38.3 Å². The van der Waals surface area contributed by atoms with Crippen LogP contribution in [0.3, 0.4) is 0 Å². The van der Waals surface area contributed by atoms with Crippen molar-refractivity contribution in [3.05, 3.63) is 46.5 Å². The first-order chi connectivity index (χ1) is 8.11. The summed E-state index contributed by atoms with van der Waals surface area (Å²) in [5, 5.41) is 2.79. The Labute approximate surface area is 110 Å². The van der Waals surface area contributed by atoms with Crippen LogP contribution in [0.1, 0.15) is 17.3 Å². The van der Waals surface area contributed by atoms with Crippen molar-refractivity contribution in [2.75, 3.05) is 19.8 Å². The fourth-order valence-corrected chi connectivity index (χ4v) is 1.69. The van der Waals surface area contributed by atoms with Gasteiger partial charge in [0.25, 0.3) is 5.91 Å². The van der Waals surface area contributed by atoms with E-state index < -0.39 is 0 Å². The monoisotopic (exact) mass is 297 g/mol. The van der Waals surface area contributed by atoms with Crippen LogP contribution in [-0.2, 0) is 4.74 Å². The number of carbonyl (C=O) groups excluding carboxylic acids is 1. The zero-order valence-electron chi connectivity index (χ0n) is 9.83. The molecule has 0 aromatic heterocycles. The van der Waals surface area contributed by atoms with E-state index in [9.17, 15) is 4.79 Å². The lowest BCUT2D eigenvalue weighted by molar-refractivity contribution is 0.0926. The standard InChI is InChI=1S/C13H16BrNO2/c1-10(2)9-17-8-7-15-13(16)11-5-3-4-6-12(11)14/h3-6H,1,7-9H2,2H3,(H,15,16). The molecule has 1 aromatic rings. The normalized spacial score (nSPS) is 10.0. The van der Waals surface area contributed by atoms with Gasteiger partial charge in [-0.3, -0.25) is 4.79 Å². The number of halogens is 1. The first-order valence-corrected chi connectivity index (χ1v) is 6.15. The lowest BCUT2D eigenvalue weighted by atomic mass is 10.2. The van der Waals surface area contributed by atoms with Gasteiger partial charge in [-0.2, -0.15) is 0 Å². The van der Waals surface area contributed by atoms with Crippen molar-refractivity contribution in [1.82, 2.24) is 5.32 Å². The fraction of sp³-hybridized carbons (Fsp3) is 0.308. The Morgan fingerprint density at radius 3 is 2.82 bits per heavy atom. The molecule has 0 radical (unpaired) electrons. The number of ether oxygens (including phenoxy) is 1. The molecule has 1 N–H and O–H groups in total. The van der Waals surface area contributed by atoms with Crippen molar-refractivity contribution in [2.45, 2.75) is 6.92 Å². The van der Waals surface area contributed by atoms with Crippen LogP contribution in [0, 0.1) is 0 Å². The van der Waals surface area contributed by atoms with Crippen molar-refractivity contribution in [3.8, 4) is 0 Å². The minimum Gasteiger partial charge on any atom is -0.375 e. The quantitative estimate of drug-likeness (QED) is 0.648. The van der Waals surface area contributed by atoms with Gasteiger partial charge in [0.2, 0.25) is 0 Å². The van der Waals surface area contributed by atoms with E-state index in [0.29, 0.717) is 25.3 Å². The first-order valence-electron chi connectivity index (χ1n) is 5.36. The molecule has 1 aromatic carbocycles. The Hall–Kier alpha value is -1.13. The number of hydrogen-bond acceptors (Lipinski definition) is 2. The molecule has 0 saturated heterocycles. The van der Waals surface area contributed by atoms with Crippen LogP contribution >= 0.6 is 15.9 Å².